The van der Waals surface area contributed by atoms with Crippen molar-refractivity contribution in [1.29, 1.82) is 0 Å². The van der Waals surface area contributed by atoms with Gasteiger partial charge in [0.25, 0.3) is 0 Å². The van der Waals surface area contributed by atoms with E-state index in [1.165, 1.54) is 0 Å². The number of alkyl halides is 3. The summed E-state index contributed by atoms with van der Waals surface area (Å²) in [5.41, 5.74) is -0.606. The van der Waals surface area contributed by atoms with Crippen molar-refractivity contribution in [1.82, 2.24) is 10.2 Å². The van der Waals surface area contributed by atoms with Crippen molar-refractivity contribution in [2.75, 3.05) is 26.2 Å². The molecule has 6 heteroatoms. The summed E-state index contributed by atoms with van der Waals surface area (Å²) < 4.78 is 52.9. The van der Waals surface area contributed by atoms with E-state index >= 15 is 0 Å². The predicted octanol–water partition coefficient (Wildman–Crippen LogP) is 3.98. The minimum Gasteiger partial charge on any atom is -0.314 e. The Hall–Kier alpha value is -1.14. The van der Waals surface area contributed by atoms with Crippen LogP contribution in [0.15, 0.2) is 18.2 Å². The number of piperazine rings is 1. The number of unbranched alkanes of at least 4 members (excludes halogenated alkanes) is 1. The fourth-order valence-electron chi connectivity index (χ4n) is 2.90. The van der Waals surface area contributed by atoms with Crippen LogP contribution in [0, 0.1) is 5.82 Å². The Labute approximate surface area is 128 Å². The Morgan fingerprint density at radius 1 is 1.23 bits per heavy atom. The highest BCUT2D eigenvalue weighted by Gasteiger charge is 2.33. The number of nitrogens with zero attached hydrogens (tertiary/aromatic N) is 1. The van der Waals surface area contributed by atoms with Crippen LogP contribution in [0.1, 0.15) is 43.4 Å². The highest BCUT2D eigenvalue weighted by atomic mass is 19.4. The van der Waals surface area contributed by atoms with E-state index in [0.29, 0.717) is 6.42 Å². The highest BCUT2D eigenvalue weighted by molar-refractivity contribution is 5.29. The quantitative estimate of drug-likeness (QED) is 0.826. The number of hydrogen-bond donors (Lipinski definition) is 1. The predicted molar refractivity (Wildman–Crippen MR) is 78.1 cm³/mol. The topological polar surface area (TPSA) is 15.3 Å². The van der Waals surface area contributed by atoms with E-state index in [2.05, 4.69) is 10.2 Å². The van der Waals surface area contributed by atoms with Gasteiger partial charge in [0.15, 0.2) is 0 Å². The molecule has 0 saturated carbocycles. The summed E-state index contributed by atoms with van der Waals surface area (Å²) in [6, 6.07) is 2.45. The summed E-state index contributed by atoms with van der Waals surface area (Å²) in [6.07, 6.45) is -1.97. The number of nitrogens with one attached hydrogen (secondary N) is 1. The van der Waals surface area contributed by atoms with Crippen LogP contribution in [-0.2, 0) is 6.18 Å². The molecule has 2 rings (SSSR count). The molecule has 0 amide bonds. The lowest BCUT2D eigenvalue weighted by Gasteiger charge is -2.35. The van der Waals surface area contributed by atoms with Crippen LogP contribution in [0.5, 0.6) is 0 Å². The Balaban J connectivity index is 2.32. The lowest BCUT2D eigenvalue weighted by molar-refractivity contribution is -0.137. The largest absolute Gasteiger partial charge is 0.416 e. The van der Waals surface area contributed by atoms with Crippen LogP contribution in [-0.4, -0.2) is 31.1 Å². The van der Waals surface area contributed by atoms with Crippen LogP contribution in [0.3, 0.4) is 0 Å². The molecule has 0 radical (unpaired) electrons. The first-order valence-corrected chi connectivity index (χ1v) is 7.75. The first kappa shape index (κ1) is 17.2. The fraction of sp³-hybridized carbons (Fsp3) is 0.625. The molecule has 1 aromatic carbocycles. The monoisotopic (exact) mass is 318 g/mol. The number of rotatable bonds is 5. The first-order valence-electron chi connectivity index (χ1n) is 7.75. The van der Waals surface area contributed by atoms with Crippen LogP contribution in [0.2, 0.25) is 0 Å². The van der Waals surface area contributed by atoms with Gasteiger partial charge < -0.3 is 5.32 Å². The summed E-state index contributed by atoms with van der Waals surface area (Å²) in [5.74, 6) is -0.548. The summed E-state index contributed by atoms with van der Waals surface area (Å²) in [4.78, 5) is 2.09. The van der Waals surface area contributed by atoms with Gasteiger partial charge in [-0.15, -0.1) is 0 Å². The molecule has 1 fully saturated rings. The van der Waals surface area contributed by atoms with E-state index in [0.717, 1.165) is 57.2 Å². The second kappa shape index (κ2) is 7.42. The molecule has 1 atom stereocenters. The number of halogens is 4. The molecule has 0 spiro atoms. The Bertz CT molecular complexity index is 482. The molecule has 1 saturated heterocycles. The molecule has 1 aromatic rings. The maximum Gasteiger partial charge on any atom is 0.416 e. The normalized spacial score (nSPS) is 18.4. The van der Waals surface area contributed by atoms with E-state index in [1.54, 1.807) is 0 Å². The fourth-order valence-corrected chi connectivity index (χ4v) is 2.90. The van der Waals surface area contributed by atoms with Gasteiger partial charge in [-0.05, 0) is 24.6 Å². The molecule has 1 aliphatic heterocycles. The van der Waals surface area contributed by atoms with E-state index in [-0.39, 0.29) is 11.6 Å². The maximum atomic E-state index is 14.2. The second-order valence-corrected chi connectivity index (χ2v) is 5.68. The zero-order chi connectivity index (χ0) is 16.2. The van der Waals surface area contributed by atoms with Gasteiger partial charge in [-0.25, -0.2) is 4.39 Å². The van der Waals surface area contributed by atoms with E-state index in [1.807, 2.05) is 6.92 Å². The van der Waals surface area contributed by atoms with E-state index in [9.17, 15) is 17.6 Å². The molecule has 0 unspecified atom stereocenters. The van der Waals surface area contributed by atoms with Crippen LogP contribution in [0.4, 0.5) is 17.6 Å². The maximum absolute atomic E-state index is 14.2. The van der Waals surface area contributed by atoms with Gasteiger partial charge in [-0.1, -0.05) is 19.8 Å². The molecule has 0 bridgehead atoms. The number of benzene rings is 1. The average molecular weight is 318 g/mol. The third-order valence-corrected chi connectivity index (χ3v) is 4.11. The van der Waals surface area contributed by atoms with Gasteiger partial charge in [0, 0.05) is 37.8 Å². The first-order chi connectivity index (χ1) is 10.4. The molecule has 1 aliphatic rings. The lowest BCUT2D eigenvalue weighted by Crippen LogP contribution is -2.45. The SMILES string of the molecule is CCCC[C@@H](c1cc(C(F)(F)F)ccc1F)N1CCNCC1. The number of hydrogen-bond acceptors (Lipinski definition) is 2. The van der Waals surface area contributed by atoms with Gasteiger partial charge in [0.05, 0.1) is 5.56 Å². The van der Waals surface area contributed by atoms with E-state index < -0.39 is 17.6 Å². The zero-order valence-corrected chi connectivity index (χ0v) is 12.7. The summed E-state index contributed by atoms with van der Waals surface area (Å²) in [5, 5.41) is 3.21. The van der Waals surface area contributed by atoms with Crippen LogP contribution in [0.25, 0.3) is 0 Å². The van der Waals surface area contributed by atoms with Crippen molar-refractivity contribution in [3.8, 4) is 0 Å². The molecule has 22 heavy (non-hydrogen) atoms. The van der Waals surface area contributed by atoms with E-state index in [4.69, 9.17) is 0 Å². The second-order valence-electron chi connectivity index (χ2n) is 5.68. The third-order valence-electron chi connectivity index (χ3n) is 4.11. The van der Waals surface area contributed by atoms with Crippen molar-refractivity contribution in [2.45, 2.75) is 38.4 Å². The van der Waals surface area contributed by atoms with Gasteiger partial charge in [-0.2, -0.15) is 13.2 Å². The summed E-state index contributed by atoms with van der Waals surface area (Å²) >= 11 is 0. The summed E-state index contributed by atoms with van der Waals surface area (Å²) in [7, 11) is 0. The van der Waals surface area contributed by atoms with Crippen molar-refractivity contribution in [2.24, 2.45) is 0 Å². The lowest BCUT2D eigenvalue weighted by atomic mass is 9.96. The van der Waals surface area contributed by atoms with Crippen LogP contribution >= 0.6 is 0 Å². The van der Waals surface area contributed by atoms with Crippen molar-refractivity contribution in [3.05, 3.63) is 35.1 Å². The molecular weight excluding hydrogens is 296 g/mol. The minimum atomic E-state index is -4.44. The molecule has 0 aliphatic carbocycles. The summed E-state index contributed by atoms with van der Waals surface area (Å²) in [6.45, 7) is 5.04. The highest BCUT2D eigenvalue weighted by Crippen LogP contribution is 2.35. The Morgan fingerprint density at radius 3 is 2.50 bits per heavy atom. The van der Waals surface area contributed by atoms with Gasteiger partial charge >= 0.3 is 6.18 Å². The standard InChI is InChI=1S/C16H22F4N2/c1-2-3-4-15(22-9-7-21-8-10-22)13-11-12(16(18,19)20)5-6-14(13)17/h5-6,11,15,21H,2-4,7-10H2,1H3/t15-/m0/s1. The van der Waals surface area contributed by atoms with Gasteiger partial charge in [0.2, 0.25) is 0 Å². The smallest absolute Gasteiger partial charge is 0.314 e. The minimum absolute atomic E-state index is 0.171. The molecule has 0 aromatic heterocycles. The third kappa shape index (κ3) is 4.20. The molecular formula is C16H22F4N2. The molecule has 1 N–H and O–H groups in total. The van der Waals surface area contributed by atoms with Crippen molar-refractivity contribution < 1.29 is 17.6 Å². The molecule has 2 nitrogen and oxygen atoms in total. The Morgan fingerprint density at radius 2 is 1.91 bits per heavy atom. The van der Waals surface area contributed by atoms with Crippen LogP contribution < -0.4 is 5.32 Å². The molecule has 1 heterocycles. The zero-order valence-electron chi connectivity index (χ0n) is 12.7. The van der Waals surface area contributed by atoms with Gasteiger partial charge in [-0.3, -0.25) is 4.90 Å². The van der Waals surface area contributed by atoms with Crippen molar-refractivity contribution in [3.63, 3.8) is 0 Å². The average Bonchev–Trinajstić information content (AvgIpc) is 2.49. The Kier molecular flexibility index (Phi) is 5.81. The molecule has 124 valence electrons. The van der Waals surface area contributed by atoms with Gasteiger partial charge in [0.1, 0.15) is 5.82 Å². The van der Waals surface area contributed by atoms with Crippen molar-refractivity contribution >= 4 is 0 Å².